The zero-order valence-corrected chi connectivity index (χ0v) is 20.6. The van der Waals surface area contributed by atoms with E-state index in [-0.39, 0.29) is 30.0 Å². The third-order valence-electron chi connectivity index (χ3n) is 6.68. The Hall–Kier alpha value is -2.22. The largest absolute Gasteiger partial charge is 0.387 e. The van der Waals surface area contributed by atoms with Gasteiger partial charge in [-0.05, 0) is 43.4 Å². The molecule has 1 aromatic carbocycles. The van der Waals surface area contributed by atoms with Gasteiger partial charge in [0.15, 0.2) is 0 Å². The van der Waals surface area contributed by atoms with Gasteiger partial charge < -0.3 is 20.2 Å². The molecule has 1 aliphatic heterocycles. The topological polar surface area (TPSA) is 81.6 Å². The first-order chi connectivity index (χ1) is 15.7. The number of piperazine rings is 1. The van der Waals surface area contributed by atoms with Crippen LogP contribution in [0.3, 0.4) is 0 Å². The predicted molar refractivity (Wildman–Crippen MR) is 131 cm³/mol. The molecule has 7 nitrogen and oxygen atoms in total. The molecule has 4 rings (SSSR count). The first-order valence-corrected chi connectivity index (χ1v) is 12.2. The molecule has 33 heavy (non-hydrogen) atoms. The number of hydrogen-bond donors (Lipinski definition) is 2. The summed E-state index contributed by atoms with van der Waals surface area (Å²) in [6, 6.07) is 7.72. The van der Waals surface area contributed by atoms with Crippen LogP contribution in [0, 0.1) is 0 Å². The Morgan fingerprint density at radius 2 is 1.94 bits per heavy atom. The third kappa shape index (κ3) is 5.15. The Balaban J connectivity index is 1.48. The number of hydrogen-bond acceptors (Lipinski definition) is 6. The maximum absolute atomic E-state index is 13.5. The summed E-state index contributed by atoms with van der Waals surface area (Å²) in [7, 11) is 0. The van der Waals surface area contributed by atoms with E-state index in [1.165, 1.54) is 0 Å². The Bertz CT molecular complexity index is 983. The molecular weight excluding hydrogens is 438 g/mol. The van der Waals surface area contributed by atoms with Crippen LogP contribution in [0.25, 0.3) is 0 Å². The van der Waals surface area contributed by atoms with Crippen LogP contribution >= 0.6 is 11.6 Å². The maximum Gasteiger partial charge on any atom is 0.240 e. The van der Waals surface area contributed by atoms with Gasteiger partial charge in [0.25, 0.3) is 0 Å². The van der Waals surface area contributed by atoms with Gasteiger partial charge in [0.05, 0.1) is 17.8 Å². The predicted octanol–water partition coefficient (Wildman–Crippen LogP) is 3.32. The quantitative estimate of drug-likeness (QED) is 0.672. The fourth-order valence-electron chi connectivity index (χ4n) is 5.10. The molecule has 1 saturated heterocycles. The minimum absolute atomic E-state index is 0.113. The van der Waals surface area contributed by atoms with Crippen molar-refractivity contribution >= 4 is 23.3 Å². The Labute approximate surface area is 201 Å². The summed E-state index contributed by atoms with van der Waals surface area (Å²) in [5, 5.41) is 14.5. The highest BCUT2D eigenvalue weighted by molar-refractivity contribution is 6.30. The summed E-state index contributed by atoms with van der Waals surface area (Å²) in [6.07, 6.45) is 2.33. The standard InChI is InChI=1S/C25H34ClN5O2/c1-15(2)29-20(12-18-5-7-19(26)8-6-18)25(33)30-9-10-31(17(4)13-30)24-22-16(3)11-21(32)23(22)27-14-28-24/h5-8,14-17,20-21,29,32H,9-13H2,1-4H3/t16-,17?,20?,21-/m1/s1. The Morgan fingerprint density at radius 1 is 1.21 bits per heavy atom. The third-order valence-corrected chi connectivity index (χ3v) is 6.93. The molecule has 2 heterocycles. The first kappa shape index (κ1) is 23.9. The van der Waals surface area contributed by atoms with Crippen molar-refractivity contribution in [1.82, 2.24) is 20.2 Å². The molecule has 2 unspecified atom stereocenters. The van der Waals surface area contributed by atoms with Crippen molar-refractivity contribution in [2.45, 2.75) is 70.7 Å². The van der Waals surface area contributed by atoms with E-state index in [9.17, 15) is 9.90 Å². The fraction of sp³-hybridized carbons (Fsp3) is 0.560. The molecule has 1 fully saturated rings. The average molecular weight is 472 g/mol. The second kappa shape index (κ2) is 9.95. The van der Waals surface area contributed by atoms with Crippen LogP contribution in [0.15, 0.2) is 30.6 Å². The van der Waals surface area contributed by atoms with E-state index in [1.807, 2.05) is 29.2 Å². The van der Waals surface area contributed by atoms with Crippen LogP contribution in [0.2, 0.25) is 5.02 Å². The second-order valence-corrected chi connectivity index (χ2v) is 10.1. The monoisotopic (exact) mass is 471 g/mol. The Kier molecular flexibility index (Phi) is 7.22. The zero-order chi connectivity index (χ0) is 23.7. The van der Waals surface area contributed by atoms with Crippen molar-refractivity contribution in [1.29, 1.82) is 0 Å². The van der Waals surface area contributed by atoms with E-state index in [4.69, 9.17) is 11.6 Å². The number of amides is 1. The lowest BCUT2D eigenvalue weighted by Gasteiger charge is -2.42. The van der Waals surface area contributed by atoms with Crippen molar-refractivity contribution in [3.8, 4) is 0 Å². The summed E-state index contributed by atoms with van der Waals surface area (Å²) in [6.45, 7) is 10.3. The van der Waals surface area contributed by atoms with Gasteiger partial charge in [-0.1, -0.05) is 44.5 Å². The van der Waals surface area contributed by atoms with E-state index >= 15 is 0 Å². The number of carbonyl (C=O) groups is 1. The summed E-state index contributed by atoms with van der Waals surface area (Å²) in [5.41, 5.74) is 2.89. The highest BCUT2D eigenvalue weighted by Crippen LogP contribution is 2.43. The molecule has 0 radical (unpaired) electrons. The number of nitrogens with zero attached hydrogens (tertiary/aromatic N) is 4. The van der Waals surface area contributed by atoms with Gasteiger partial charge in [-0.25, -0.2) is 9.97 Å². The minimum Gasteiger partial charge on any atom is -0.387 e. The molecule has 8 heteroatoms. The van der Waals surface area contributed by atoms with Gasteiger partial charge in [-0.2, -0.15) is 0 Å². The molecule has 0 bridgehead atoms. The van der Waals surface area contributed by atoms with Crippen LogP contribution in [-0.2, 0) is 11.2 Å². The van der Waals surface area contributed by atoms with Crippen molar-refractivity contribution in [2.75, 3.05) is 24.5 Å². The molecule has 2 aromatic rings. The number of aliphatic hydroxyl groups excluding tert-OH is 1. The zero-order valence-electron chi connectivity index (χ0n) is 19.8. The van der Waals surface area contributed by atoms with Crippen LogP contribution in [0.5, 0.6) is 0 Å². The summed E-state index contributed by atoms with van der Waals surface area (Å²) < 4.78 is 0. The van der Waals surface area contributed by atoms with E-state index in [0.717, 1.165) is 22.6 Å². The molecule has 1 aromatic heterocycles. The molecule has 1 amide bonds. The molecule has 2 aliphatic rings. The molecule has 0 saturated carbocycles. The summed E-state index contributed by atoms with van der Waals surface area (Å²) in [5.74, 6) is 1.25. The number of nitrogens with one attached hydrogen (secondary N) is 1. The van der Waals surface area contributed by atoms with Gasteiger partial charge in [0.2, 0.25) is 5.91 Å². The number of aromatic nitrogens is 2. The smallest absolute Gasteiger partial charge is 0.240 e. The van der Waals surface area contributed by atoms with E-state index in [2.05, 4.69) is 47.9 Å². The number of anilines is 1. The van der Waals surface area contributed by atoms with Gasteiger partial charge in [0.1, 0.15) is 12.1 Å². The van der Waals surface area contributed by atoms with Crippen molar-refractivity contribution in [3.05, 3.63) is 52.4 Å². The normalized spacial score (nSPS) is 23.7. The van der Waals surface area contributed by atoms with Crippen LogP contribution in [0.1, 0.15) is 63.0 Å². The van der Waals surface area contributed by atoms with Crippen LogP contribution < -0.4 is 10.2 Å². The minimum atomic E-state index is -0.523. The second-order valence-electron chi connectivity index (χ2n) is 9.68. The number of aliphatic hydroxyl groups is 1. The van der Waals surface area contributed by atoms with E-state index < -0.39 is 6.10 Å². The fourth-order valence-corrected chi connectivity index (χ4v) is 5.23. The molecule has 1 aliphatic carbocycles. The molecule has 2 N–H and O–H groups in total. The molecular formula is C25H34ClN5O2. The van der Waals surface area contributed by atoms with Crippen LogP contribution in [-0.4, -0.2) is 63.6 Å². The van der Waals surface area contributed by atoms with Crippen molar-refractivity contribution < 1.29 is 9.90 Å². The summed E-state index contributed by atoms with van der Waals surface area (Å²) >= 11 is 6.03. The number of fused-ring (bicyclic) bond motifs is 1. The lowest BCUT2D eigenvalue weighted by Crippen LogP contribution is -2.58. The molecule has 4 atom stereocenters. The molecule has 178 valence electrons. The number of carbonyl (C=O) groups excluding carboxylic acids is 1. The van der Waals surface area contributed by atoms with E-state index in [1.54, 1.807) is 6.33 Å². The molecule has 0 spiro atoms. The maximum atomic E-state index is 13.5. The highest BCUT2D eigenvalue weighted by Gasteiger charge is 2.37. The highest BCUT2D eigenvalue weighted by atomic mass is 35.5. The van der Waals surface area contributed by atoms with Crippen LogP contribution in [0.4, 0.5) is 5.82 Å². The summed E-state index contributed by atoms with van der Waals surface area (Å²) in [4.78, 5) is 26.7. The lowest BCUT2D eigenvalue weighted by molar-refractivity contribution is -0.134. The Morgan fingerprint density at radius 3 is 2.61 bits per heavy atom. The van der Waals surface area contributed by atoms with E-state index in [0.29, 0.717) is 37.5 Å². The van der Waals surface area contributed by atoms with Crippen molar-refractivity contribution in [3.63, 3.8) is 0 Å². The SMILES string of the molecule is CC(C)NC(Cc1ccc(Cl)cc1)C(=O)N1CCN(c2ncnc3c2[C@H](C)C[C@H]3O)C(C)C1. The number of rotatable bonds is 6. The lowest BCUT2D eigenvalue weighted by atomic mass is 10.0. The van der Waals surface area contributed by atoms with Gasteiger partial charge in [0, 0.05) is 42.3 Å². The first-order valence-electron chi connectivity index (χ1n) is 11.8. The van der Waals surface area contributed by atoms with Crippen molar-refractivity contribution in [2.24, 2.45) is 0 Å². The van der Waals surface area contributed by atoms with Gasteiger partial charge in [-0.15, -0.1) is 0 Å². The van der Waals surface area contributed by atoms with Gasteiger partial charge in [-0.3, -0.25) is 4.79 Å². The number of benzene rings is 1. The average Bonchev–Trinajstić information content (AvgIpc) is 3.08. The van der Waals surface area contributed by atoms with Gasteiger partial charge >= 0.3 is 0 Å². The number of halogens is 1.